The average Bonchev–Trinajstić information content (AvgIpc) is 3.25. The number of rotatable bonds is 4. The van der Waals surface area contributed by atoms with Crippen LogP contribution in [-0.4, -0.2) is 55.1 Å². The van der Waals surface area contributed by atoms with E-state index in [4.69, 9.17) is 4.74 Å². The van der Waals surface area contributed by atoms with Gasteiger partial charge in [-0.05, 0) is 37.1 Å². The molecule has 1 aliphatic carbocycles. The van der Waals surface area contributed by atoms with Gasteiger partial charge >= 0.3 is 0 Å². The van der Waals surface area contributed by atoms with Crippen LogP contribution < -0.4 is 10.2 Å². The summed E-state index contributed by atoms with van der Waals surface area (Å²) in [6.07, 6.45) is 4.41. The Balaban J connectivity index is 1.40. The van der Waals surface area contributed by atoms with Gasteiger partial charge in [0.1, 0.15) is 6.04 Å². The highest BCUT2D eigenvalue weighted by Gasteiger charge is 2.42. The standard InChI is InChI=1S/C19H25N3O3/c23-18-13-17(19(24)22(18)16-3-1-2-4-16)20-14-5-7-15(8-6-14)21-9-11-25-12-10-21/h5-8,16-17,20H,1-4,9-13H2. The fourth-order valence-corrected chi connectivity index (χ4v) is 4.10. The molecule has 3 aliphatic rings. The van der Waals surface area contributed by atoms with E-state index in [0.29, 0.717) is 0 Å². The minimum Gasteiger partial charge on any atom is -0.378 e. The molecule has 1 N–H and O–H groups in total. The van der Waals surface area contributed by atoms with Crippen LogP contribution in [0, 0.1) is 0 Å². The lowest BCUT2D eigenvalue weighted by atomic mass is 10.2. The number of nitrogens with zero attached hydrogens (tertiary/aromatic N) is 2. The highest BCUT2D eigenvalue weighted by molar-refractivity contribution is 6.07. The molecular formula is C19H25N3O3. The molecule has 134 valence electrons. The van der Waals surface area contributed by atoms with Crippen molar-refractivity contribution in [3.8, 4) is 0 Å². The van der Waals surface area contributed by atoms with Gasteiger partial charge in [0.15, 0.2) is 0 Å². The Morgan fingerprint density at radius 2 is 1.68 bits per heavy atom. The maximum absolute atomic E-state index is 12.6. The number of benzene rings is 1. The van der Waals surface area contributed by atoms with Gasteiger partial charge in [0, 0.05) is 30.5 Å². The number of morpholine rings is 1. The second-order valence-electron chi connectivity index (χ2n) is 7.09. The second-order valence-corrected chi connectivity index (χ2v) is 7.09. The van der Waals surface area contributed by atoms with Crippen LogP contribution in [0.3, 0.4) is 0 Å². The molecule has 2 aliphatic heterocycles. The monoisotopic (exact) mass is 343 g/mol. The Morgan fingerprint density at radius 1 is 1.00 bits per heavy atom. The Kier molecular flexibility index (Phi) is 4.61. The molecule has 0 aromatic heterocycles. The van der Waals surface area contributed by atoms with Crippen LogP contribution in [0.4, 0.5) is 11.4 Å². The van der Waals surface area contributed by atoms with E-state index in [9.17, 15) is 9.59 Å². The molecule has 2 heterocycles. The van der Waals surface area contributed by atoms with E-state index in [0.717, 1.165) is 63.4 Å². The van der Waals surface area contributed by atoms with Crippen molar-refractivity contribution in [1.29, 1.82) is 0 Å². The number of imide groups is 1. The molecule has 1 saturated carbocycles. The highest BCUT2D eigenvalue weighted by atomic mass is 16.5. The van der Waals surface area contributed by atoms with Crippen LogP contribution in [-0.2, 0) is 14.3 Å². The Hall–Kier alpha value is -2.08. The molecule has 2 saturated heterocycles. The van der Waals surface area contributed by atoms with Gasteiger partial charge in [0.05, 0.1) is 19.6 Å². The van der Waals surface area contributed by atoms with Gasteiger partial charge < -0.3 is 15.0 Å². The fraction of sp³-hybridized carbons (Fsp3) is 0.579. The topological polar surface area (TPSA) is 61.9 Å². The Bertz CT molecular complexity index is 634. The Labute approximate surface area is 148 Å². The number of carbonyl (C=O) groups is 2. The molecular weight excluding hydrogens is 318 g/mol. The van der Waals surface area contributed by atoms with Gasteiger partial charge in [0.2, 0.25) is 5.91 Å². The van der Waals surface area contributed by atoms with Gasteiger partial charge in [-0.1, -0.05) is 12.8 Å². The van der Waals surface area contributed by atoms with Crippen molar-refractivity contribution in [3.05, 3.63) is 24.3 Å². The zero-order chi connectivity index (χ0) is 17.2. The second kappa shape index (κ2) is 7.04. The van der Waals surface area contributed by atoms with Gasteiger partial charge in [-0.15, -0.1) is 0 Å². The minimum atomic E-state index is -0.428. The fourth-order valence-electron chi connectivity index (χ4n) is 4.10. The smallest absolute Gasteiger partial charge is 0.252 e. The first-order chi connectivity index (χ1) is 12.2. The quantitative estimate of drug-likeness (QED) is 0.848. The number of anilines is 2. The van der Waals surface area contributed by atoms with Crippen molar-refractivity contribution >= 4 is 23.2 Å². The molecule has 0 spiro atoms. The van der Waals surface area contributed by atoms with Crippen molar-refractivity contribution in [2.24, 2.45) is 0 Å². The van der Waals surface area contributed by atoms with Gasteiger partial charge in [-0.3, -0.25) is 14.5 Å². The number of ether oxygens (including phenoxy) is 1. The summed E-state index contributed by atoms with van der Waals surface area (Å²) in [7, 11) is 0. The van der Waals surface area contributed by atoms with Crippen molar-refractivity contribution in [2.75, 3.05) is 36.5 Å². The van der Waals surface area contributed by atoms with Crippen LogP contribution in [0.25, 0.3) is 0 Å². The molecule has 1 aromatic carbocycles. The summed E-state index contributed by atoms with van der Waals surface area (Å²) in [4.78, 5) is 28.7. The summed E-state index contributed by atoms with van der Waals surface area (Å²) in [5, 5.41) is 3.25. The van der Waals surface area contributed by atoms with E-state index in [1.807, 2.05) is 12.1 Å². The van der Waals surface area contributed by atoms with Crippen molar-refractivity contribution < 1.29 is 14.3 Å². The number of amides is 2. The third kappa shape index (κ3) is 3.35. The summed E-state index contributed by atoms with van der Waals surface area (Å²) in [6.45, 7) is 3.32. The van der Waals surface area contributed by atoms with Crippen molar-refractivity contribution in [1.82, 2.24) is 4.90 Å². The van der Waals surface area contributed by atoms with E-state index in [1.54, 1.807) is 0 Å². The third-order valence-corrected chi connectivity index (χ3v) is 5.46. The van der Waals surface area contributed by atoms with E-state index in [2.05, 4.69) is 22.3 Å². The molecule has 1 unspecified atom stereocenters. The van der Waals surface area contributed by atoms with Crippen LogP contribution in [0.2, 0.25) is 0 Å². The number of likely N-dealkylation sites (tertiary alicyclic amines) is 1. The molecule has 6 heteroatoms. The van der Waals surface area contributed by atoms with Crippen molar-refractivity contribution in [3.63, 3.8) is 0 Å². The summed E-state index contributed by atoms with van der Waals surface area (Å²) in [5.41, 5.74) is 2.05. The molecule has 4 rings (SSSR count). The minimum absolute atomic E-state index is 0.0284. The summed E-state index contributed by atoms with van der Waals surface area (Å²) in [6, 6.07) is 7.78. The zero-order valence-corrected chi connectivity index (χ0v) is 14.4. The average molecular weight is 343 g/mol. The lowest BCUT2D eigenvalue weighted by molar-refractivity contribution is -0.141. The van der Waals surface area contributed by atoms with Crippen LogP contribution in [0.15, 0.2) is 24.3 Å². The predicted molar refractivity (Wildman–Crippen MR) is 95.6 cm³/mol. The summed E-state index contributed by atoms with van der Waals surface area (Å²) < 4.78 is 5.38. The number of nitrogens with one attached hydrogen (secondary N) is 1. The van der Waals surface area contributed by atoms with Crippen LogP contribution >= 0.6 is 0 Å². The van der Waals surface area contributed by atoms with Gasteiger partial charge in [0.25, 0.3) is 5.91 Å². The normalized spacial score (nSPS) is 25.0. The summed E-state index contributed by atoms with van der Waals surface area (Å²) >= 11 is 0. The highest BCUT2D eigenvalue weighted by Crippen LogP contribution is 2.29. The first kappa shape index (κ1) is 16.4. The first-order valence-electron chi connectivity index (χ1n) is 9.27. The maximum atomic E-state index is 12.6. The number of hydrogen-bond donors (Lipinski definition) is 1. The van der Waals surface area contributed by atoms with E-state index in [-0.39, 0.29) is 24.3 Å². The lowest BCUT2D eigenvalue weighted by Gasteiger charge is -2.29. The zero-order valence-electron chi connectivity index (χ0n) is 14.4. The van der Waals surface area contributed by atoms with Gasteiger partial charge in [-0.2, -0.15) is 0 Å². The molecule has 0 radical (unpaired) electrons. The molecule has 2 amide bonds. The summed E-state index contributed by atoms with van der Waals surface area (Å²) in [5.74, 6) is -0.0894. The molecule has 1 atom stereocenters. The number of carbonyl (C=O) groups excluding carboxylic acids is 2. The maximum Gasteiger partial charge on any atom is 0.252 e. The van der Waals surface area contributed by atoms with E-state index in [1.165, 1.54) is 4.90 Å². The molecule has 6 nitrogen and oxygen atoms in total. The molecule has 1 aromatic rings. The molecule has 0 bridgehead atoms. The molecule has 25 heavy (non-hydrogen) atoms. The SMILES string of the molecule is O=C1CC(Nc2ccc(N3CCOCC3)cc2)C(=O)N1C1CCCC1. The third-order valence-electron chi connectivity index (χ3n) is 5.46. The Morgan fingerprint density at radius 3 is 2.36 bits per heavy atom. The molecule has 3 fully saturated rings. The first-order valence-corrected chi connectivity index (χ1v) is 9.27. The van der Waals surface area contributed by atoms with E-state index < -0.39 is 6.04 Å². The van der Waals surface area contributed by atoms with Gasteiger partial charge in [-0.25, -0.2) is 0 Å². The van der Waals surface area contributed by atoms with Crippen LogP contribution in [0.5, 0.6) is 0 Å². The predicted octanol–water partition coefficient (Wildman–Crippen LogP) is 2.01. The lowest BCUT2D eigenvalue weighted by Crippen LogP contribution is -2.41. The van der Waals surface area contributed by atoms with Crippen LogP contribution in [0.1, 0.15) is 32.1 Å². The largest absolute Gasteiger partial charge is 0.378 e. The van der Waals surface area contributed by atoms with E-state index >= 15 is 0 Å². The van der Waals surface area contributed by atoms with Crippen molar-refractivity contribution in [2.45, 2.75) is 44.2 Å². The number of hydrogen-bond acceptors (Lipinski definition) is 5.